The van der Waals surface area contributed by atoms with Gasteiger partial charge in [-0.25, -0.2) is 4.68 Å². The highest BCUT2D eigenvalue weighted by Crippen LogP contribution is 2.31. The molecule has 2 fully saturated rings. The number of benzene rings is 1. The molecule has 0 N–H and O–H groups in total. The number of hydrogen-bond acceptors (Lipinski definition) is 4. The second-order valence-corrected chi connectivity index (χ2v) is 8.03. The zero-order chi connectivity index (χ0) is 19.0. The van der Waals surface area contributed by atoms with Crippen molar-refractivity contribution in [2.24, 2.45) is 0 Å². The SMILES string of the molecule is Cc1cc(C)c(CN2CCC3(CC2)CN(C)C(=O)CO3)c(-n2cccn2)c1. The van der Waals surface area contributed by atoms with Gasteiger partial charge in [0.25, 0.3) is 0 Å². The smallest absolute Gasteiger partial charge is 0.248 e. The van der Waals surface area contributed by atoms with Crippen molar-refractivity contribution in [3.8, 4) is 5.69 Å². The topological polar surface area (TPSA) is 50.6 Å². The number of carbonyl (C=O) groups is 1. The Hall–Kier alpha value is -2.18. The first-order chi connectivity index (χ1) is 13.0. The number of piperidine rings is 1. The Morgan fingerprint density at radius 2 is 2.00 bits per heavy atom. The van der Waals surface area contributed by atoms with Gasteiger partial charge in [0.15, 0.2) is 0 Å². The molecule has 6 nitrogen and oxygen atoms in total. The summed E-state index contributed by atoms with van der Waals surface area (Å²) in [6.07, 6.45) is 5.76. The third-order valence-corrected chi connectivity index (χ3v) is 5.95. The van der Waals surface area contributed by atoms with Crippen molar-refractivity contribution in [3.05, 3.63) is 47.3 Å². The minimum atomic E-state index is -0.160. The maximum atomic E-state index is 11.7. The first kappa shape index (κ1) is 18.2. The fourth-order valence-electron chi connectivity index (χ4n) is 4.33. The zero-order valence-corrected chi connectivity index (χ0v) is 16.4. The summed E-state index contributed by atoms with van der Waals surface area (Å²) < 4.78 is 7.94. The molecule has 2 saturated heterocycles. The Bertz CT molecular complexity index is 823. The van der Waals surface area contributed by atoms with E-state index in [1.165, 1.54) is 16.7 Å². The van der Waals surface area contributed by atoms with Gasteiger partial charge in [-0.1, -0.05) is 6.07 Å². The van der Waals surface area contributed by atoms with Crippen molar-refractivity contribution in [2.75, 3.05) is 33.3 Å². The van der Waals surface area contributed by atoms with Crippen LogP contribution < -0.4 is 0 Å². The summed E-state index contributed by atoms with van der Waals surface area (Å²) in [6, 6.07) is 6.43. The van der Waals surface area contributed by atoms with Gasteiger partial charge in [0.05, 0.1) is 11.3 Å². The van der Waals surface area contributed by atoms with E-state index in [4.69, 9.17) is 4.74 Å². The van der Waals surface area contributed by atoms with Crippen molar-refractivity contribution in [1.29, 1.82) is 0 Å². The number of likely N-dealkylation sites (tertiary alicyclic amines) is 1. The first-order valence-electron chi connectivity index (χ1n) is 9.66. The van der Waals surface area contributed by atoms with Crippen LogP contribution in [0.4, 0.5) is 0 Å². The van der Waals surface area contributed by atoms with Gasteiger partial charge in [-0.3, -0.25) is 9.69 Å². The van der Waals surface area contributed by atoms with Crippen LogP contribution in [-0.2, 0) is 16.1 Å². The largest absolute Gasteiger partial charge is 0.363 e. The number of likely N-dealkylation sites (N-methyl/N-ethyl adjacent to an activating group) is 1. The molecule has 2 aliphatic heterocycles. The van der Waals surface area contributed by atoms with Gasteiger partial charge >= 0.3 is 0 Å². The van der Waals surface area contributed by atoms with Crippen molar-refractivity contribution in [2.45, 2.75) is 38.8 Å². The molecule has 1 aromatic heterocycles. The van der Waals surface area contributed by atoms with Crippen LogP contribution >= 0.6 is 0 Å². The lowest BCUT2D eigenvalue weighted by atomic mass is 9.89. The Balaban J connectivity index is 1.49. The van der Waals surface area contributed by atoms with Crippen LogP contribution in [0.25, 0.3) is 5.69 Å². The highest BCUT2D eigenvalue weighted by atomic mass is 16.5. The molecule has 0 unspecified atom stereocenters. The minimum absolute atomic E-state index is 0.0854. The molecule has 0 aliphatic carbocycles. The maximum Gasteiger partial charge on any atom is 0.248 e. The minimum Gasteiger partial charge on any atom is -0.363 e. The fourth-order valence-corrected chi connectivity index (χ4v) is 4.33. The van der Waals surface area contributed by atoms with Crippen molar-refractivity contribution >= 4 is 5.91 Å². The van der Waals surface area contributed by atoms with E-state index in [2.05, 4.69) is 36.0 Å². The van der Waals surface area contributed by atoms with Gasteiger partial charge in [-0.15, -0.1) is 0 Å². The molecule has 1 spiro atoms. The predicted molar refractivity (Wildman–Crippen MR) is 104 cm³/mol. The van der Waals surface area contributed by atoms with Crippen LogP contribution in [-0.4, -0.2) is 64.4 Å². The molecule has 2 aromatic rings. The fraction of sp³-hybridized carbons (Fsp3) is 0.524. The van der Waals surface area contributed by atoms with Crippen molar-refractivity contribution in [1.82, 2.24) is 19.6 Å². The summed E-state index contributed by atoms with van der Waals surface area (Å²) in [5.74, 6) is 0.0854. The molecule has 4 rings (SSSR count). The molecule has 2 aliphatic rings. The number of rotatable bonds is 3. The molecule has 0 atom stereocenters. The number of carbonyl (C=O) groups excluding carboxylic acids is 1. The maximum absolute atomic E-state index is 11.7. The molecule has 1 aromatic carbocycles. The number of aryl methyl sites for hydroxylation is 2. The van der Waals surface area contributed by atoms with Crippen molar-refractivity contribution < 1.29 is 9.53 Å². The number of hydrogen-bond donors (Lipinski definition) is 0. The monoisotopic (exact) mass is 368 g/mol. The van der Waals surface area contributed by atoms with Crippen LogP contribution in [0.15, 0.2) is 30.6 Å². The van der Waals surface area contributed by atoms with Crippen LogP contribution in [0, 0.1) is 13.8 Å². The van der Waals surface area contributed by atoms with Crippen LogP contribution in [0.3, 0.4) is 0 Å². The Kier molecular flexibility index (Phi) is 4.78. The third-order valence-electron chi connectivity index (χ3n) is 5.95. The average Bonchev–Trinajstić information content (AvgIpc) is 3.17. The van der Waals surface area contributed by atoms with Gasteiger partial charge in [0.1, 0.15) is 6.61 Å². The summed E-state index contributed by atoms with van der Waals surface area (Å²) in [7, 11) is 1.88. The van der Waals surface area contributed by atoms with Crippen LogP contribution in [0.2, 0.25) is 0 Å². The van der Waals surface area contributed by atoms with Crippen molar-refractivity contribution in [3.63, 3.8) is 0 Å². The first-order valence-corrected chi connectivity index (χ1v) is 9.66. The molecule has 3 heterocycles. The lowest BCUT2D eigenvalue weighted by molar-refractivity contribution is -0.169. The number of morpholine rings is 1. The second-order valence-electron chi connectivity index (χ2n) is 8.03. The Morgan fingerprint density at radius 3 is 2.67 bits per heavy atom. The molecular formula is C21H28N4O2. The number of aromatic nitrogens is 2. The molecule has 0 radical (unpaired) electrons. The zero-order valence-electron chi connectivity index (χ0n) is 16.4. The molecule has 1 amide bonds. The molecular weight excluding hydrogens is 340 g/mol. The lowest BCUT2D eigenvalue weighted by Gasteiger charge is -2.46. The van der Waals surface area contributed by atoms with E-state index in [9.17, 15) is 4.79 Å². The van der Waals surface area contributed by atoms with E-state index in [0.29, 0.717) is 6.54 Å². The highest BCUT2D eigenvalue weighted by Gasteiger charge is 2.41. The van der Waals surface area contributed by atoms with E-state index in [1.807, 2.05) is 35.1 Å². The summed E-state index contributed by atoms with van der Waals surface area (Å²) in [5.41, 5.74) is 4.89. The van der Waals surface area contributed by atoms with Gasteiger partial charge in [-0.05, 0) is 55.5 Å². The third kappa shape index (κ3) is 3.64. The normalized spacial score (nSPS) is 20.4. The highest BCUT2D eigenvalue weighted by molar-refractivity contribution is 5.78. The van der Waals surface area contributed by atoms with E-state index in [1.54, 1.807) is 0 Å². The summed E-state index contributed by atoms with van der Waals surface area (Å²) in [6.45, 7) is 8.12. The summed E-state index contributed by atoms with van der Waals surface area (Å²) >= 11 is 0. The Morgan fingerprint density at radius 1 is 1.22 bits per heavy atom. The number of amides is 1. The van der Waals surface area contributed by atoms with E-state index in [0.717, 1.165) is 38.2 Å². The van der Waals surface area contributed by atoms with Gasteiger partial charge < -0.3 is 9.64 Å². The standard InChI is InChI=1S/C21H28N4O2/c1-16-11-17(2)18(19(12-16)25-8-4-7-22-25)13-24-9-5-21(6-10-24)15-23(3)20(26)14-27-21/h4,7-8,11-12H,5-6,9-10,13-15H2,1-3H3. The molecule has 0 bridgehead atoms. The van der Waals surface area contributed by atoms with E-state index >= 15 is 0 Å². The summed E-state index contributed by atoms with van der Waals surface area (Å²) in [4.78, 5) is 16.0. The average molecular weight is 368 g/mol. The molecule has 27 heavy (non-hydrogen) atoms. The molecule has 144 valence electrons. The van der Waals surface area contributed by atoms with Gasteiger partial charge in [-0.2, -0.15) is 5.10 Å². The van der Waals surface area contributed by atoms with E-state index in [-0.39, 0.29) is 18.1 Å². The number of ether oxygens (including phenoxy) is 1. The molecule has 0 saturated carbocycles. The molecule has 6 heteroatoms. The van der Waals surface area contributed by atoms with Gasteiger partial charge in [0, 0.05) is 45.6 Å². The van der Waals surface area contributed by atoms with Gasteiger partial charge in [0.2, 0.25) is 5.91 Å². The lowest BCUT2D eigenvalue weighted by Crippen LogP contribution is -2.57. The Labute approximate surface area is 160 Å². The quantitative estimate of drug-likeness (QED) is 0.834. The van der Waals surface area contributed by atoms with Crippen LogP contribution in [0.5, 0.6) is 0 Å². The second kappa shape index (κ2) is 7.09. The number of nitrogens with zero attached hydrogens (tertiary/aromatic N) is 4. The van der Waals surface area contributed by atoms with E-state index < -0.39 is 0 Å². The predicted octanol–water partition coefficient (Wildman–Crippen LogP) is 2.31. The summed E-state index contributed by atoms with van der Waals surface area (Å²) in [5, 5.41) is 4.45. The van der Waals surface area contributed by atoms with Crippen LogP contribution in [0.1, 0.15) is 29.5 Å².